The van der Waals surface area contributed by atoms with Gasteiger partial charge in [0.1, 0.15) is 0 Å². The molecule has 0 saturated carbocycles. The van der Waals surface area contributed by atoms with Crippen LogP contribution in [0.3, 0.4) is 0 Å². The highest BCUT2D eigenvalue weighted by Gasteiger charge is 2.43. The number of Topliss-reactive ketones (excluding diaryl/α,β-unsaturated/α-hetero) is 1. The van der Waals surface area contributed by atoms with Crippen molar-refractivity contribution in [3.8, 4) is 0 Å². The van der Waals surface area contributed by atoms with Crippen LogP contribution in [0, 0.1) is 0 Å². The van der Waals surface area contributed by atoms with Gasteiger partial charge in [-0.25, -0.2) is 4.79 Å². The molecule has 0 amide bonds. The van der Waals surface area contributed by atoms with Crippen molar-refractivity contribution in [2.45, 2.75) is 31.7 Å². The molecule has 1 heterocycles. The number of carbonyl (C=O) groups is 2. The number of piperidine rings is 1. The van der Waals surface area contributed by atoms with Crippen molar-refractivity contribution in [1.82, 2.24) is 5.32 Å². The molecule has 0 radical (unpaired) electrons. The minimum Gasteiger partial charge on any atom is -0.480 e. The van der Waals surface area contributed by atoms with Crippen LogP contribution < -0.4 is 5.32 Å². The SMILES string of the molecule is CC(=O)[C@@]1(C(=O)O)CCCCN1. The standard InChI is InChI=1S/C8H13NO3/c1-6(10)8(7(11)12)4-2-3-5-9-8/h9H,2-5H2,1H3,(H,11,12)/t8-/m1/s1. The van der Waals surface area contributed by atoms with Crippen LogP contribution in [0.4, 0.5) is 0 Å². The first-order valence-electron chi connectivity index (χ1n) is 4.09. The zero-order chi connectivity index (χ0) is 9.19. The van der Waals surface area contributed by atoms with Gasteiger partial charge in [-0.3, -0.25) is 10.1 Å². The van der Waals surface area contributed by atoms with Gasteiger partial charge in [-0.2, -0.15) is 0 Å². The van der Waals surface area contributed by atoms with E-state index in [4.69, 9.17) is 5.11 Å². The number of nitrogens with one attached hydrogen (secondary N) is 1. The van der Waals surface area contributed by atoms with Gasteiger partial charge in [-0.05, 0) is 32.7 Å². The number of aliphatic carboxylic acids is 1. The topological polar surface area (TPSA) is 66.4 Å². The lowest BCUT2D eigenvalue weighted by molar-refractivity contribution is -0.150. The first-order valence-corrected chi connectivity index (χ1v) is 4.09. The summed E-state index contributed by atoms with van der Waals surface area (Å²) in [7, 11) is 0. The van der Waals surface area contributed by atoms with Crippen LogP contribution in [-0.4, -0.2) is 28.9 Å². The van der Waals surface area contributed by atoms with Gasteiger partial charge in [0.2, 0.25) is 0 Å². The molecule has 1 rings (SSSR count). The van der Waals surface area contributed by atoms with Gasteiger partial charge in [-0.1, -0.05) is 0 Å². The minimum atomic E-state index is -1.29. The summed E-state index contributed by atoms with van der Waals surface area (Å²) in [6.45, 7) is 1.94. The van der Waals surface area contributed by atoms with Gasteiger partial charge in [0.25, 0.3) is 0 Å². The van der Waals surface area contributed by atoms with Crippen molar-refractivity contribution in [3.63, 3.8) is 0 Å². The largest absolute Gasteiger partial charge is 0.480 e. The van der Waals surface area contributed by atoms with E-state index in [0.717, 1.165) is 12.8 Å². The van der Waals surface area contributed by atoms with Crippen molar-refractivity contribution >= 4 is 11.8 Å². The Bertz CT molecular complexity index is 190. The van der Waals surface area contributed by atoms with Crippen LogP contribution in [0.15, 0.2) is 0 Å². The Balaban J connectivity index is 2.84. The van der Waals surface area contributed by atoms with E-state index in [2.05, 4.69) is 5.32 Å². The molecule has 1 aliphatic rings. The Hall–Kier alpha value is -0.900. The molecule has 0 aliphatic carbocycles. The van der Waals surface area contributed by atoms with Crippen LogP contribution in [0.1, 0.15) is 26.2 Å². The summed E-state index contributed by atoms with van der Waals surface area (Å²) in [5.74, 6) is -1.34. The third-order valence-electron chi connectivity index (χ3n) is 2.37. The fraction of sp³-hybridized carbons (Fsp3) is 0.750. The Morgan fingerprint density at radius 2 is 2.08 bits per heavy atom. The van der Waals surface area contributed by atoms with Crippen LogP contribution >= 0.6 is 0 Å². The first kappa shape index (κ1) is 9.19. The van der Waals surface area contributed by atoms with Gasteiger partial charge in [0, 0.05) is 0 Å². The van der Waals surface area contributed by atoms with E-state index >= 15 is 0 Å². The van der Waals surface area contributed by atoms with E-state index in [1.54, 1.807) is 0 Å². The fourth-order valence-electron chi connectivity index (χ4n) is 1.54. The molecule has 1 fully saturated rings. The molecule has 0 spiro atoms. The smallest absolute Gasteiger partial charge is 0.331 e. The maximum Gasteiger partial charge on any atom is 0.331 e. The Morgan fingerprint density at radius 1 is 1.42 bits per heavy atom. The van der Waals surface area contributed by atoms with Crippen LogP contribution in [-0.2, 0) is 9.59 Å². The predicted octanol–water partition coefficient (Wildman–Crippen LogP) is 0.172. The summed E-state index contributed by atoms with van der Waals surface area (Å²) in [5, 5.41) is 11.7. The average molecular weight is 171 g/mol. The molecule has 12 heavy (non-hydrogen) atoms. The minimum absolute atomic E-state index is 0.297. The summed E-state index contributed by atoms with van der Waals surface area (Å²) in [6.07, 6.45) is 2.17. The third-order valence-corrected chi connectivity index (χ3v) is 2.37. The number of rotatable bonds is 2. The zero-order valence-electron chi connectivity index (χ0n) is 7.09. The molecule has 2 N–H and O–H groups in total. The van der Waals surface area contributed by atoms with Crippen molar-refractivity contribution in [1.29, 1.82) is 0 Å². The van der Waals surface area contributed by atoms with Gasteiger partial charge in [-0.15, -0.1) is 0 Å². The number of carboxylic acids is 1. The highest BCUT2D eigenvalue weighted by Crippen LogP contribution is 2.20. The molecule has 1 aliphatic heterocycles. The number of hydrogen-bond donors (Lipinski definition) is 2. The van der Waals surface area contributed by atoms with E-state index in [1.165, 1.54) is 6.92 Å². The van der Waals surface area contributed by atoms with Crippen molar-refractivity contribution in [2.75, 3.05) is 6.54 Å². The lowest BCUT2D eigenvalue weighted by Gasteiger charge is -2.31. The molecule has 0 aromatic heterocycles. The van der Waals surface area contributed by atoms with E-state index in [-0.39, 0.29) is 5.78 Å². The molecule has 68 valence electrons. The highest BCUT2D eigenvalue weighted by atomic mass is 16.4. The zero-order valence-corrected chi connectivity index (χ0v) is 7.09. The third kappa shape index (κ3) is 1.34. The second kappa shape index (κ2) is 3.23. The molecule has 0 aromatic rings. The van der Waals surface area contributed by atoms with Gasteiger partial charge in [0.15, 0.2) is 11.3 Å². The van der Waals surface area contributed by atoms with Crippen molar-refractivity contribution in [2.24, 2.45) is 0 Å². The monoisotopic (exact) mass is 171 g/mol. The number of hydrogen-bond acceptors (Lipinski definition) is 3. The lowest BCUT2D eigenvalue weighted by atomic mass is 9.86. The second-order valence-electron chi connectivity index (χ2n) is 3.15. The summed E-state index contributed by atoms with van der Waals surface area (Å²) >= 11 is 0. The highest BCUT2D eigenvalue weighted by molar-refractivity contribution is 6.06. The normalized spacial score (nSPS) is 29.8. The molecule has 4 heteroatoms. The number of carbonyl (C=O) groups excluding carboxylic acids is 1. The van der Waals surface area contributed by atoms with Crippen LogP contribution in [0.5, 0.6) is 0 Å². The maximum absolute atomic E-state index is 11.1. The number of carboxylic acid groups (broad SMARTS) is 1. The molecular formula is C8H13NO3. The van der Waals surface area contributed by atoms with Gasteiger partial charge >= 0.3 is 5.97 Å². The summed E-state index contributed by atoms with van der Waals surface area (Å²) in [4.78, 5) is 22.0. The van der Waals surface area contributed by atoms with E-state index in [0.29, 0.717) is 13.0 Å². The summed E-state index contributed by atoms with van der Waals surface area (Å²) < 4.78 is 0. The molecule has 4 nitrogen and oxygen atoms in total. The summed E-state index contributed by atoms with van der Waals surface area (Å²) in [6, 6.07) is 0. The van der Waals surface area contributed by atoms with Gasteiger partial charge < -0.3 is 5.11 Å². The second-order valence-corrected chi connectivity index (χ2v) is 3.15. The van der Waals surface area contributed by atoms with Crippen molar-refractivity contribution < 1.29 is 14.7 Å². The Labute approximate surface area is 71.0 Å². The van der Waals surface area contributed by atoms with E-state index in [9.17, 15) is 9.59 Å². The van der Waals surface area contributed by atoms with Crippen LogP contribution in [0.2, 0.25) is 0 Å². The van der Waals surface area contributed by atoms with Crippen LogP contribution in [0.25, 0.3) is 0 Å². The molecule has 0 bridgehead atoms. The molecule has 0 aromatic carbocycles. The Kier molecular flexibility index (Phi) is 2.47. The number of ketones is 1. The van der Waals surface area contributed by atoms with Crippen molar-refractivity contribution in [3.05, 3.63) is 0 Å². The van der Waals surface area contributed by atoms with E-state index in [1.807, 2.05) is 0 Å². The molecular weight excluding hydrogens is 158 g/mol. The first-order chi connectivity index (χ1) is 5.59. The maximum atomic E-state index is 11.1. The predicted molar refractivity (Wildman–Crippen MR) is 42.9 cm³/mol. The molecule has 0 unspecified atom stereocenters. The molecule has 1 saturated heterocycles. The average Bonchev–Trinajstić information content (AvgIpc) is 2.05. The Morgan fingerprint density at radius 3 is 2.33 bits per heavy atom. The quantitative estimate of drug-likeness (QED) is 0.581. The lowest BCUT2D eigenvalue weighted by Crippen LogP contribution is -2.59. The molecule has 1 atom stereocenters. The van der Waals surface area contributed by atoms with Gasteiger partial charge in [0.05, 0.1) is 0 Å². The van der Waals surface area contributed by atoms with E-state index < -0.39 is 11.5 Å². The summed E-state index contributed by atoms with van der Waals surface area (Å²) in [5.41, 5.74) is -1.29. The fourth-order valence-corrected chi connectivity index (χ4v) is 1.54.